The van der Waals surface area contributed by atoms with Crippen molar-refractivity contribution in [3.8, 4) is 11.1 Å². The van der Waals surface area contributed by atoms with Crippen LogP contribution in [0.2, 0.25) is 10.0 Å². The summed E-state index contributed by atoms with van der Waals surface area (Å²) in [5.74, 6) is -0.108. The van der Waals surface area contributed by atoms with Gasteiger partial charge in [0.1, 0.15) is 6.04 Å². The molecule has 7 nitrogen and oxygen atoms in total. The third kappa shape index (κ3) is 4.09. The molecule has 0 spiro atoms. The second-order valence-electron chi connectivity index (χ2n) is 8.00. The van der Waals surface area contributed by atoms with Gasteiger partial charge in [-0.05, 0) is 41.0 Å². The second-order valence-corrected chi connectivity index (χ2v) is 10.8. The number of fused-ring (bicyclic) bond motifs is 1. The smallest absolute Gasteiger partial charge is 0.257 e. The number of anilines is 2. The van der Waals surface area contributed by atoms with E-state index >= 15 is 0 Å². The normalized spacial score (nSPS) is 15.6. The van der Waals surface area contributed by atoms with E-state index in [1.54, 1.807) is 30.6 Å². The third-order valence-corrected chi connectivity index (χ3v) is 7.12. The minimum atomic E-state index is -3.64. The average molecular weight is 513 g/mol. The second kappa shape index (κ2) is 8.54. The number of hydrogen-bond donors (Lipinski definition) is 0. The van der Waals surface area contributed by atoms with Crippen molar-refractivity contribution in [3.05, 3.63) is 88.8 Å². The first-order valence-electron chi connectivity index (χ1n) is 10.3. The van der Waals surface area contributed by atoms with Crippen LogP contribution < -0.4 is 4.90 Å². The molecule has 1 unspecified atom stereocenters. The number of amides is 1. The summed E-state index contributed by atoms with van der Waals surface area (Å²) in [7, 11) is -3.64. The van der Waals surface area contributed by atoms with E-state index in [-0.39, 0.29) is 23.3 Å². The van der Waals surface area contributed by atoms with Crippen LogP contribution in [0.1, 0.15) is 11.6 Å². The van der Waals surface area contributed by atoms with Gasteiger partial charge in [-0.2, -0.15) is 0 Å². The van der Waals surface area contributed by atoms with Gasteiger partial charge < -0.3 is 0 Å². The van der Waals surface area contributed by atoms with Crippen LogP contribution >= 0.6 is 23.2 Å². The number of benzene rings is 2. The number of sulfone groups is 1. The van der Waals surface area contributed by atoms with E-state index in [1.165, 1.54) is 15.7 Å². The molecule has 0 aliphatic carbocycles. The van der Waals surface area contributed by atoms with Crippen molar-refractivity contribution in [2.75, 3.05) is 11.2 Å². The van der Waals surface area contributed by atoms with E-state index < -0.39 is 15.9 Å². The van der Waals surface area contributed by atoms with E-state index in [1.807, 2.05) is 36.4 Å². The molecule has 0 saturated carbocycles. The summed E-state index contributed by atoms with van der Waals surface area (Å²) in [5.41, 5.74) is 3.26. The van der Waals surface area contributed by atoms with Crippen molar-refractivity contribution in [1.29, 1.82) is 0 Å². The number of aromatic nitrogens is 3. The van der Waals surface area contributed by atoms with Gasteiger partial charge in [-0.3, -0.25) is 14.3 Å². The van der Waals surface area contributed by atoms with Crippen LogP contribution in [0, 0.1) is 0 Å². The van der Waals surface area contributed by atoms with Gasteiger partial charge in [0.05, 0.1) is 11.9 Å². The Kier molecular flexibility index (Phi) is 5.67. The first-order valence-corrected chi connectivity index (χ1v) is 12.9. The molecular weight excluding hydrogens is 495 g/mol. The molecular formula is C24H18Cl2N4O3S. The predicted molar refractivity (Wildman–Crippen MR) is 131 cm³/mol. The third-order valence-electron chi connectivity index (χ3n) is 5.62. The standard InChI is InChI=1S/C24H18Cl2N4O3S/c1-34(32,33)22-14-28-24-29(20-11-18(25)10-19(26)12-20)23(31)21(30(22)24)9-15-4-6-16(7-5-15)17-3-2-8-27-13-17/h2-8,10-14,21H,9H2,1H3. The highest BCUT2D eigenvalue weighted by atomic mass is 35.5. The zero-order valence-electron chi connectivity index (χ0n) is 17.9. The Morgan fingerprint density at radius 1 is 0.971 bits per heavy atom. The van der Waals surface area contributed by atoms with Crippen LogP contribution in [0.4, 0.5) is 11.6 Å². The Balaban J connectivity index is 1.55. The molecule has 0 radical (unpaired) electrons. The van der Waals surface area contributed by atoms with E-state index in [9.17, 15) is 13.2 Å². The zero-order chi connectivity index (χ0) is 24.0. The molecule has 0 saturated heterocycles. The van der Waals surface area contributed by atoms with Crippen molar-refractivity contribution in [1.82, 2.24) is 14.5 Å². The fraction of sp³-hybridized carbons (Fsp3) is 0.125. The number of nitrogens with zero attached hydrogens (tertiary/aromatic N) is 4. The van der Waals surface area contributed by atoms with Gasteiger partial charge in [-0.1, -0.05) is 53.5 Å². The van der Waals surface area contributed by atoms with Gasteiger partial charge in [0.2, 0.25) is 5.95 Å². The van der Waals surface area contributed by atoms with Gasteiger partial charge in [-0.15, -0.1) is 0 Å². The van der Waals surface area contributed by atoms with Crippen molar-refractivity contribution < 1.29 is 13.2 Å². The van der Waals surface area contributed by atoms with Gasteiger partial charge in [0.15, 0.2) is 14.9 Å². The van der Waals surface area contributed by atoms with Gasteiger partial charge in [0.25, 0.3) is 5.91 Å². The molecule has 1 amide bonds. The van der Waals surface area contributed by atoms with Crippen LogP contribution in [0.5, 0.6) is 0 Å². The van der Waals surface area contributed by atoms with Gasteiger partial charge in [-0.25, -0.2) is 18.3 Å². The Labute approximate surface area is 206 Å². The van der Waals surface area contributed by atoms with Crippen LogP contribution in [0.3, 0.4) is 0 Å². The Bertz CT molecular complexity index is 1480. The number of carbonyl (C=O) groups is 1. The fourth-order valence-electron chi connectivity index (χ4n) is 4.11. The molecule has 1 aliphatic heterocycles. The first-order chi connectivity index (χ1) is 16.2. The fourth-order valence-corrected chi connectivity index (χ4v) is 5.43. The lowest BCUT2D eigenvalue weighted by Crippen LogP contribution is -2.27. The molecule has 3 heterocycles. The SMILES string of the molecule is CS(=O)(=O)c1cnc2n1C(Cc1ccc(-c3cccnc3)cc1)C(=O)N2c1cc(Cl)cc(Cl)c1. The van der Waals surface area contributed by atoms with Crippen molar-refractivity contribution in [3.63, 3.8) is 0 Å². The molecule has 5 rings (SSSR count). The molecule has 1 aliphatic rings. The zero-order valence-corrected chi connectivity index (χ0v) is 20.2. The summed E-state index contributed by atoms with van der Waals surface area (Å²) >= 11 is 12.3. The largest absolute Gasteiger partial charge is 0.288 e. The number of pyridine rings is 1. The summed E-state index contributed by atoms with van der Waals surface area (Å²) in [5, 5.41) is 0.681. The predicted octanol–water partition coefficient (Wildman–Crippen LogP) is 5.12. The van der Waals surface area contributed by atoms with Gasteiger partial charge >= 0.3 is 0 Å². The van der Waals surface area contributed by atoms with E-state index in [4.69, 9.17) is 23.2 Å². The van der Waals surface area contributed by atoms with E-state index in [0.29, 0.717) is 15.7 Å². The summed E-state index contributed by atoms with van der Waals surface area (Å²) in [6.45, 7) is 0. The van der Waals surface area contributed by atoms with E-state index in [2.05, 4.69) is 9.97 Å². The van der Waals surface area contributed by atoms with Crippen molar-refractivity contribution in [2.24, 2.45) is 0 Å². The minimum Gasteiger partial charge on any atom is -0.288 e. The monoisotopic (exact) mass is 512 g/mol. The minimum absolute atomic E-state index is 0.0246. The Hall–Kier alpha value is -3.20. The Morgan fingerprint density at radius 3 is 2.29 bits per heavy atom. The van der Waals surface area contributed by atoms with Gasteiger partial charge in [0, 0.05) is 35.1 Å². The highest BCUT2D eigenvalue weighted by Crippen LogP contribution is 2.41. The quantitative estimate of drug-likeness (QED) is 0.370. The highest BCUT2D eigenvalue weighted by molar-refractivity contribution is 7.90. The lowest BCUT2D eigenvalue weighted by atomic mass is 10.0. The summed E-state index contributed by atoms with van der Waals surface area (Å²) in [6, 6.07) is 15.5. The molecule has 10 heteroatoms. The maximum atomic E-state index is 13.6. The van der Waals surface area contributed by atoms with Crippen LogP contribution in [-0.2, 0) is 21.1 Å². The maximum Gasteiger partial charge on any atom is 0.257 e. The maximum absolute atomic E-state index is 13.6. The summed E-state index contributed by atoms with van der Waals surface area (Å²) < 4.78 is 26.4. The molecule has 0 fully saturated rings. The van der Waals surface area contributed by atoms with E-state index in [0.717, 1.165) is 22.9 Å². The molecule has 4 aromatic rings. The van der Waals surface area contributed by atoms with Crippen LogP contribution in [-0.4, -0.2) is 35.1 Å². The molecule has 0 bridgehead atoms. The summed E-state index contributed by atoms with van der Waals surface area (Å²) in [6.07, 6.45) is 6.14. The number of rotatable bonds is 5. The van der Waals surface area contributed by atoms with Crippen LogP contribution in [0.15, 0.2) is 78.2 Å². The molecule has 172 valence electrons. The number of imidazole rings is 1. The van der Waals surface area contributed by atoms with Crippen molar-refractivity contribution >= 4 is 50.6 Å². The lowest BCUT2D eigenvalue weighted by Gasteiger charge is -2.17. The molecule has 34 heavy (non-hydrogen) atoms. The molecule has 1 atom stereocenters. The topological polar surface area (TPSA) is 85.2 Å². The molecule has 2 aromatic carbocycles. The molecule has 0 N–H and O–H groups in total. The van der Waals surface area contributed by atoms with Crippen LogP contribution in [0.25, 0.3) is 11.1 Å². The lowest BCUT2D eigenvalue weighted by molar-refractivity contribution is -0.119. The number of hydrogen-bond acceptors (Lipinski definition) is 5. The number of halogens is 2. The summed E-state index contributed by atoms with van der Waals surface area (Å²) in [4.78, 5) is 23.4. The number of carbonyl (C=O) groups excluding carboxylic acids is 1. The molecule has 2 aromatic heterocycles. The van der Waals surface area contributed by atoms with Crippen molar-refractivity contribution in [2.45, 2.75) is 17.5 Å². The average Bonchev–Trinajstić information content (AvgIpc) is 3.33. The highest BCUT2D eigenvalue weighted by Gasteiger charge is 2.42. The first kappa shape index (κ1) is 22.6. The Morgan fingerprint density at radius 2 is 1.68 bits per heavy atom.